The zero-order valence-electron chi connectivity index (χ0n) is 11.1. The molecule has 0 bridgehead atoms. The summed E-state index contributed by atoms with van der Waals surface area (Å²) in [5, 5.41) is 0.697. The van der Waals surface area contributed by atoms with E-state index in [4.69, 9.17) is 26.8 Å². The molecule has 0 aliphatic carbocycles. The Balaban J connectivity index is 2.00. The molecule has 0 aromatic heterocycles. The minimum absolute atomic E-state index is 0.487. The van der Waals surface area contributed by atoms with Gasteiger partial charge in [-0.2, -0.15) is 0 Å². The summed E-state index contributed by atoms with van der Waals surface area (Å²) in [6.45, 7) is 1.86. The van der Waals surface area contributed by atoms with Crippen molar-refractivity contribution in [3.63, 3.8) is 0 Å². The highest BCUT2D eigenvalue weighted by atomic mass is 35.5. The number of hydrogen-bond acceptors (Lipinski definition) is 3. The molecule has 0 spiro atoms. The number of fused-ring (bicyclic) bond motifs is 1. The van der Waals surface area contributed by atoms with Gasteiger partial charge in [0.1, 0.15) is 0 Å². The van der Waals surface area contributed by atoms with Crippen molar-refractivity contribution in [2.75, 3.05) is 13.2 Å². The lowest BCUT2D eigenvalue weighted by Crippen LogP contribution is -1.97. The zero-order valence-corrected chi connectivity index (χ0v) is 11.8. The van der Waals surface area contributed by atoms with E-state index < -0.39 is 0 Å². The molecule has 4 heteroatoms. The van der Waals surface area contributed by atoms with Gasteiger partial charge in [0.15, 0.2) is 11.5 Å². The van der Waals surface area contributed by atoms with Gasteiger partial charge in [0.25, 0.3) is 0 Å². The zero-order chi connectivity index (χ0) is 13.9. The Kier molecular flexibility index (Phi) is 3.81. The largest absolute Gasteiger partial charge is 0.490 e. The van der Waals surface area contributed by atoms with E-state index in [1.54, 1.807) is 0 Å². The Labute approximate surface area is 123 Å². The van der Waals surface area contributed by atoms with Crippen molar-refractivity contribution in [2.45, 2.75) is 13.0 Å². The number of ether oxygens (including phenoxy) is 2. The van der Waals surface area contributed by atoms with Crippen LogP contribution in [0.25, 0.3) is 11.1 Å². The summed E-state index contributed by atoms with van der Waals surface area (Å²) in [4.78, 5) is 0. The van der Waals surface area contributed by atoms with Crippen LogP contribution in [0.15, 0.2) is 36.4 Å². The first-order valence-corrected chi connectivity index (χ1v) is 7.04. The molecule has 104 valence electrons. The highest BCUT2D eigenvalue weighted by Gasteiger charge is 2.12. The van der Waals surface area contributed by atoms with Crippen LogP contribution < -0.4 is 15.2 Å². The van der Waals surface area contributed by atoms with Gasteiger partial charge in [-0.1, -0.05) is 29.8 Å². The highest BCUT2D eigenvalue weighted by Crippen LogP contribution is 2.36. The molecular weight excluding hydrogens is 274 g/mol. The average molecular weight is 290 g/mol. The van der Waals surface area contributed by atoms with Crippen LogP contribution in [0, 0.1) is 0 Å². The fourth-order valence-corrected chi connectivity index (χ4v) is 2.56. The molecule has 0 atom stereocenters. The van der Waals surface area contributed by atoms with Crippen molar-refractivity contribution < 1.29 is 9.47 Å². The molecule has 1 heterocycles. The molecule has 2 aromatic carbocycles. The normalized spacial score (nSPS) is 13.9. The van der Waals surface area contributed by atoms with Crippen LogP contribution in [0.4, 0.5) is 0 Å². The Morgan fingerprint density at radius 1 is 1.00 bits per heavy atom. The molecule has 1 aliphatic rings. The molecule has 0 saturated heterocycles. The molecule has 0 amide bonds. The van der Waals surface area contributed by atoms with Crippen LogP contribution >= 0.6 is 11.6 Å². The fourth-order valence-electron chi connectivity index (χ4n) is 2.25. The summed E-state index contributed by atoms with van der Waals surface area (Å²) < 4.78 is 11.3. The van der Waals surface area contributed by atoms with Crippen LogP contribution in [0.3, 0.4) is 0 Å². The Morgan fingerprint density at radius 2 is 1.80 bits per heavy atom. The van der Waals surface area contributed by atoms with Crippen molar-refractivity contribution in [1.82, 2.24) is 0 Å². The maximum absolute atomic E-state index is 6.33. The van der Waals surface area contributed by atoms with E-state index in [1.165, 1.54) is 0 Å². The van der Waals surface area contributed by atoms with Crippen molar-refractivity contribution in [3.8, 4) is 22.6 Å². The van der Waals surface area contributed by atoms with Crippen LogP contribution in [0.2, 0.25) is 5.02 Å². The molecule has 3 rings (SSSR count). The van der Waals surface area contributed by atoms with Crippen LogP contribution in [0.1, 0.15) is 12.0 Å². The third-order valence-electron chi connectivity index (χ3n) is 3.33. The topological polar surface area (TPSA) is 44.5 Å². The fraction of sp³-hybridized carbons (Fsp3) is 0.250. The summed E-state index contributed by atoms with van der Waals surface area (Å²) in [6, 6.07) is 11.8. The first kappa shape index (κ1) is 13.3. The molecule has 0 unspecified atom stereocenters. The minimum atomic E-state index is 0.487. The van der Waals surface area contributed by atoms with Gasteiger partial charge in [-0.15, -0.1) is 0 Å². The molecule has 0 radical (unpaired) electrons. The lowest BCUT2D eigenvalue weighted by atomic mass is 10.0. The van der Waals surface area contributed by atoms with Gasteiger partial charge in [0, 0.05) is 23.6 Å². The first-order valence-electron chi connectivity index (χ1n) is 6.66. The van der Waals surface area contributed by atoms with E-state index in [0.717, 1.165) is 34.6 Å². The van der Waals surface area contributed by atoms with Gasteiger partial charge in [-0.05, 0) is 29.3 Å². The average Bonchev–Trinajstić information content (AvgIpc) is 2.71. The Morgan fingerprint density at radius 3 is 2.55 bits per heavy atom. The van der Waals surface area contributed by atoms with Gasteiger partial charge < -0.3 is 15.2 Å². The molecule has 0 saturated carbocycles. The summed E-state index contributed by atoms with van der Waals surface area (Å²) in [5.74, 6) is 1.57. The third kappa shape index (κ3) is 2.60. The number of hydrogen-bond donors (Lipinski definition) is 1. The minimum Gasteiger partial charge on any atom is -0.490 e. The molecule has 2 N–H and O–H groups in total. The summed E-state index contributed by atoms with van der Waals surface area (Å²) in [7, 11) is 0. The predicted molar refractivity (Wildman–Crippen MR) is 80.4 cm³/mol. The second-order valence-corrected chi connectivity index (χ2v) is 5.14. The Hall–Kier alpha value is -1.71. The second kappa shape index (κ2) is 5.73. The van der Waals surface area contributed by atoms with Crippen molar-refractivity contribution in [2.24, 2.45) is 5.73 Å². The highest BCUT2D eigenvalue weighted by molar-refractivity contribution is 6.33. The molecule has 0 fully saturated rings. The Bertz CT molecular complexity index is 628. The summed E-state index contributed by atoms with van der Waals surface area (Å²) >= 11 is 6.33. The molecule has 2 aromatic rings. The van der Waals surface area contributed by atoms with Crippen LogP contribution in [-0.2, 0) is 6.54 Å². The summed E-state index contributed by atoms with van der Waals surface area (Å²) in [5.41, 5.74) is 8.63. The quantitative estimate of drug-likeness (QED) is 0.918. The predicted octanol–water partition coefficient (Wildman–Crippen LogP) is 3.63. The summed E-state index contributed by atoms with van der Waals surface area (Å²) in [6.07, 6.45) is 0.899. The van der Waals surface area contributed by atoms with Crippen LogP contribution in [-0.4, -0.2) is 13.2 Å². The SMILES string of the molecule is NCc1ccc(-c2ccc3c(c2)OCCCO3)c(Cl)c1. The van der Waals surface area contributed by atoms with E-state index in [9.17, 15) is 0 Å². The number of halogens is 1. The van der Waals surface area contributed by atoms with Gasteiger partial charge in [-0.3, -0.25) is 0 Å². The van der Waals surface area contributed by atoms with E-state index in [0.29, 0.717) is 24.8 Å². The first-order chi connectivity index (χ1) is 9.78. The maximum atomic E-state index is 6.33. The van der Waals surface area contributed by atoms with Gasteiger partial charge in [0.05, 0.1) is 13.2 Å². The standard InChI is InChI=1S/C16H16ClNO2/c17-14-8-11(10-18)2-4-13(14)12-3-5-15-16(9-12)20-7-1-6-19-15/h2-5,8-9H,1,6-7,10,18H2. The molecule has 1 aliphatic heterocycles. The monoisotopic (exact) mass is 289 g/mol. The van der Waals surface area contributed by atoms with E-state index in [2.05, 4.69) is 0 Å². The van der Waals surface area contributed by atoms with E-state index in [-0.39, 0.29) is 0 Å². The van der Waals surface area contributed by atoms with E-state index in [1.807, 2.05) is 36.4 Å². The second-order valence-electron chi connectivity index (χ2n) is 4.73. The van der Waals surface area contributed by atoms with Crippen molar-refractivity contribution in [3.05, 3.63) is 47.0 Å². The lowest BCUT2D eigenvalue weighted by molar-refractivity contribution is 0.297. The molecule has 3 nitrogen and oxygen atoms in total. The number of rotatable bonds is 2. The van der Waals surface area contributed by atoms with Crippen molar-refractivity contribution >= 4 is 11.6 Å². The molecular formula is C16H16ClNO2. The third-order valence-corrected chi connectivity index (χ3v) is 3.64. The van der Waals surface area contributed by atoms with Gasteiger partial charge in [0.2, 0.25) is 0 Å². The smallest absolute Gasteiger partial charge is 0.161 e. The van der Waals surface area contributed by atoms with E-state index >= 15 is 0 Å². The van der Waals surface area contributed by atoms with Crippen molar-refractivity contribution in [1.29, 1.82) is 0 Å². The number of nitrogens with two attached hydrogens (primary N) is 1. The van der Waals surface area contributed by atoms with Gasteiger partial charge >= 0.3 is 0 Å². The van der Waals surface area contributed by atoms with Crippen LogP contribution in [0.5, 0.6) is 11.5 Å². The maximum Gasteiger partial charge on any atom is 0.161 e. The molecule has 20 heavy (non-hydrogen) atoms. The van der Waals surface area contributed by atoms with Gasteiger partial charge in [-0.25, -0.2) is 0 Å². The number of benzene rings is 2. The lowest BCUT2D eigenvalue weighted by Gasteiger charge is -2.11.